The molecular formula is C10H15BrN4O. The Morgan fingerprint density at radius 2 is 2.38 bits per heavy atom. The van der Waals surface area contributed by atoms with Crippen molar-refractivity contribution in [3.63, 3.8) is 0 Å². The van der Waals surface area contributed by atoms with Crippen molar-refractivity contribution in [1.29, 1.82) is 0 Å². The summed E-state index contributed by atoms with van der Waals surface area (Å²) in [5.41, 5.74) is 2.83. The summed E-state index contributed by atoms with van der Waals surface area (Å²) >= 11 is 3.27. The number of aromatic nitrogens is 1. The van der Waals surface area contributed by atoms with E-state index in [0.717, 1.165) is 10.9 Å². The molecule has 1 rings (SSSR count). The predicted molar refractivity (Wildman–Crippen MR) is 67.0 cm³/mol. The summed E-state index contributed by atoms with van der Waals surface area (Å²) in [4.78, 5) is 15.9. The summed E-state index contributed by atoms with van der Waals surface area (Å²) in [6.07, 6.45) is 2.45. The molecule has 0 fully saturated rings. The monoisotopic (exact) mass is 286 g/mol. The Bertz CT molecular complexity index is 383. The zero-order valence-corrected chi connectivity index (χ0v) is 10.8. The number of nitrogens with two attached hydrogens (primary N) is 1. The van der Waals surface area contributed by atoms with Gasteiger partial charge < -0.3 is 10.7 Å². The fourth-order valence-electron chi connectivity index (χ4n) is 1.13. The lowest BCUT2D eigenvalue weighted by Gasteiger charge is -2.13. The first kappa shape index (κ1) is 12.9. The van der Waals surface area contributed by atoms with Crippen LogP contribution in [-0.4, -0.2) is 16.9 Å². The Kier molecular flexibility index (Phi) is 4.70. The van der Waals surface area contributed by atoms with Crippen LogP contribution in [0.15, 0.2) is 16.7 Å². The van der Waals surface area contributed by atoms with Crippen molar-refractivity contribution in [1.82, 2.24) is 10.3 Å². The first-order chi connectivity index (χ1) is 7.58. The lowest BCUT2D eigenvalue weighted by atomic mass is 10.2. The van der Waals surface area contributed by atoms with Crippen molar-refractivity contribution < 1.29 is 4.79 Å². The van der Waals surface area contributed by atoms with Crippen LogP contribution in [0.3, 0.4) is 0 Å². The number of pyridine rings is 1. The van der Waals surface area contributed by atoms with Gasteiger partial charge >= 0.3 is 0 Å². The number of rotatable bonds is 4. The highest BCUT2D eigenvalue weighted by Crippen LogP contribution is 2.17. The highest BCUT2D eigenvalue weighted by atomic mass is 79.9. The van der Waals surface area contributed by atoms with Crippen LogP contribution in [-0.2, 0) is 0 Å². The lowest BCUT2D eigenvalue weighted by molar-refractivity contribution is 0.0939. The Balaban J connectivity index is 2.93. The molecule has 0 aromatic carbocycles. The van der Waals surface area contributed by atoms with Crippen LogP contribution in [0.1, 0.15) is 30.6 Å². The van der Waals surface area contributed by atoms with Crippen molar-refractivity contribution >= 4 is 27.7 Å². The number of halogens is 1. The van der Waals surface area contributed by atoms with Gasteiger partial charge in [-0.3, -0.25) is 4.79 Å². The summed E-state index contributed by atoms with van der Waals surface area (Å²) in [5.74, 6) is 5.47. The van der Waals surface area contributed by atoms with Crippen molar-refractivity contribution in [2.75, 3.05) is 5.43 Å². The van der Waals surface area contributed by atoms with Crippen LogP contribution in [0, 0.1) is 0 Å². The van der Waals surface area contributed by atoms with Crippen molar-refractivity contribution in [2.24, 2.45) is 5.84 Å². The summed E-state index contributed by atoms with van der Waals surface area (Å²) < 4.78 is 0.737. The second-order valence-corrected chi connectivity index (χ2v) is 4.39. The quantitative estimate of drug-likeness (QED) is 0.581. The molecule has 4 N–H and O–H groups in total. The largest absolute Gasteiger partial charge is 0.349 e. The number of hydrogen-bond acceptors (Lipinski definition) is 4. The average Bonchev–Trinajstić information content (AvgIpc) is 2.28. The zero-order chi connectivity index (χ0) is 12.1. The molecule has 0 saturated carbocycles. The number of hydrogen-bond donors (Lipinski definition) is 3. The minimum atomic E-state index is -0.184. The molecule has 88 valence electrons. The topological polar surface area (TPSA) is 80.0 Å². The van der Waals surface area contributed by atoms with E-state index in [0.29, 0.717) is 11.4 Å². The molecule has 6 heteroatoms. The minimum Gasteiger partial charge on any atom is -0.349 e. The number of nitrogens with zero attached hydrogens (tertiary/aromatic N) is 1. The van der Waals surface area contributed by atoms with Gasteiger partial charge in [-0.25, -0.2) is 10.8 Å². The molecule has 0 aliphatic carbocycles. The molecule has 0 aliphatic rings. The third-order valence-electron chi connectivity index (χ3n) is 2.23. The number of anilines is 1. The van der Waals surface area contributed by atoms with Crippen LogP contribution in [0.4, 0.5) is 5.82 Å². The number of hydrazine groups is 1. The maximum atomic E-state index is 11.9. The zero-order valence-electron chi connectivity index (χ0n) is 9.25. The number of carbonyl (C=O) groups excluding carboxylic acids is 1. The Morgan fingerprint density at radius 1 is 1.69 bits per heavy atom. The van der Waals surface area contributed by atoms with Gasteiger partial charge in [0.25, 0.3) is 5.91 Å². The Hall–Kier alpha value is -1.14. The Labute approximate surface area is 103 Å². The van der Waals surface area contributed by atoms with Crippen molar-refractivity contribution in [2.45, 2.75) is 26.3 Å². The van der Waals surface area contributed by atoms with Crippen LogP contribution >= 0.6 is 15.9 Å². The summed E-state index contributed by atoms with van der Waals surface area (Å²) in [6.45, 7) is 3.95. The van der Waals surface area contributed by atoms with Crippen LogP contribution in [0.25, 0.3) is 0 Å². The van der Waals surface area contributed by atoms with Crippen molar-refractivity contribution in [3.8, 4) is 0 Å². The fourth-order valence-corrected chi connectivity index (χ4v) is 1.46. The van der Waals surface area contributed by atoms with E-state index < -0.39 is 0 Å². The van der Waals surface area contributed by atoms with E-state index in [1.54, 1.807) is 12.3 Å². The molecule has 1 atom stereocenters. The molecule has 0 radical (unpaired) electrons. The highest BCUT2D eigenvalue weighted by Gasteiger charge is 2.14. The van der Waals surface area contributed by atoms with Crippen LogP contribution < -0.4 is 16.6 Å². The molecule has 16 heavy (non-hydrogen) atoms. The van der Waals surface area contributed by atoms with Crippen LogP contribution in [0.2, 0.25) is 0 Å². The van der Waals surface area contributed by atoms with E-state index in [2.05, 4.69) is 31.7 Å². The second kappa shape index (κ2) is 5.81. The number of nitrogens with one attached hydrogen (secondary N) is 2. The third-order valence-corrected chi connectivity index (χ3v) is 2.66. The number of amides is 1. The Morgan fingerprint density at radius 3 is 2.94 bits per heavy atom. The second-order valence-electron chi connectivity index (χ2n) is 3.48. The highest BCUT2D eigenvalue weighted by molar-refractivity contribution is 9.10. The van der Waals surface area contributed by atoms with Gasteiger partial charge in [-0.1, -0.05) is 6.92 Å². The molecule has 1 unspecified atom stereocenters. The molecule has 0 aliphatic heterocycles. The van der Waals surface area contributed by atoms with Gasteiger partial charge in [-0.15, -0.1) is 0 Å². The summed E-state index contributed by atoms with van der Waals surface area (Å²) in [6, 6.07) is 1.80. The SMILES string of the molecule is CCC(C)NC(=O)c1cc(Br)cnc1NN. The molecule has 0 spiro atoms. The summed E-state index contributed by atoms with van der Waals surface area (Å²) in [5, 5.41) is 2.85. The van der Waals surface area contributed by atoms with Gasteiger partial charge in [0.05, 0.1) is 5.56 Å². The maximum Gasteiger partial charge on any atom is 0.255 e. The predicted octanol–water partition coefficient (Wildman–Crippen LogP) is 1.66. The smallest absolute Gasteiger partial charge is 0.255 e. The first-order valence-corrected chi connectivity index (χ1v) is 5.80. The van der Waals surface area contributed by atoms with Crippen molar-refractivity contribution in [3.05, 3.63) is 22.3 Å². The normalized spacial score (nSPS) is 12.0. The van der Waals surface area contributed by atoms with Crippen LogP contribution in [0.5, 0.6) is 0 Å². The minimum absolute atomic E-state index is 0.122. The number of carbonyl (C=O) groups is 1. The molecule has 1 aromatic heterocycles. The van der Waals surface area contributed by atoms with E-state index in [1.807, 2.05) is 13.8 Å². The average molecular weight is 287 g/mol. The molecule has 1 amide bonds. The third kappa shape index (κ3) is 3.18. The first-order valence-electron chi connectivity index (χ1n) is 5.01. The van der Waals surface area contributed by atoms with Gasteiger partial charge in [0, 0.05) is 16.7 Å². The van der Waals surface area contributed by atoms with E-state index in [4.69, 9.17) is 5.84 Å². The van der Waals surface area contributed by atoms with Gasteiger partial charge in [0.1, 0.15) is 0 Å². The number of nitrogen functional groups attached to an aromatic ring is 1. The van der Waals surface area contributed by atoms with Gasteiger partial charge in [-0.05, 0) is 35.3 Å². The molecule has 0 bridgehead atoms. The van der Waals surface area contributed by atoms with E-state index >= 15 is 0 Å². The van der Waals surface area contributed by atoms with E-state index in [1.165, 1.54) is 0 Å². The molecular weight excluding hydrogens is 272 g/mol. The molecule has 5 nitrogen and oxygen atoms in total. The lowest BCUT2D eigenvalue weighted by Crippen LogP contribution is -2.33. The maximum absolute atomic E-state index is 11.9. The fraction of sp³-hybridized carbons (Fsp3) is 0.400. The van der Waals surface area contributed by atoms with Gasteiger partial charge in [0.2, 0.25) is 0 Å². The molecule has 0 saturated heterocycles. The summed E-state index contributed by atoms with van der Waals surface area (Å²) in [7, 11) is 0. The standard InChI is InChI=1S/C10H15BrN4O/c1-3-6(2)14-10(16)8-4-7(11)5-13-9(8)15-12/h4-6H,3,12H2,1-2H3,(H,13,15)(H,14,16). The van der Waals surface area contributed by atoms with Gasteiger partial charge in [-0.2, -0.15) is 0 Å². The molecule has 1 heterocycles. The van der Waals surface area contributed by atoms with Gasteiger partial charge in [0.15, 0.2) is 5.82 Å². The van der Waals surface area contributed by atoms with E-state index in [9.17, 15) is 4.79 Å². The molecule has 1 aromatic rings. The van der Waals surface area contributed by atoms with E-state index in [-0.39, 0.29) is 11.9 Å².